The van der Waals surface area contributed by atoms with Crippen LogP contribution < -0.4 is 9.64 Å². The Morgan fingerprint density at radius 1 is 1.14 bits per heavy atom. The fourth-order valence-electron chi connectivity index (χ4n) is 7.09. The number of rotatable bonds is 5. The van der Waals surface area contributed by atoms with Gasteiger partial charge in [0, 0.05) is 48.3 Å². The molecule has 2 unspecified atom stereocenters. The van der Waals surface area contributed by atoms with Crippen LogP contribution in [0.1, 0.15) is 30.4 Å². The van der Waals surface area contributed by atoms with Crippen LogP contribution in [0.15, 0.2) is 36.4 Å². The number of anilines is 1. The zero-order valence-electron chi connectivity index (χ0n) is 23.5. The lowest BCUT2D eigenvalue weighted by atomic mass is 9.91. The Bertz CT molecular complexity index is 1750. The smallest absolute Gasteiger partial charge is 0.319 e. The van der Waals surface area contributed by atoms with Gasteiger partial charge in [0.2, 0.25) is 0 Å². The van der Waals surface area contributed by atoms with Crippen LogP contribution in [0.3, 0.4) is 0 Å². The monoisotopic (exact) mass is 586 g/mol. The lowest BCUT2D eigenvalue weighted by Gasteiger charge is -2.31. The highest BCUT2D eigenvalue weighted by molar-refractivity contribution is 7.99. The van der Waals surface area contributed by atoms with Gasteiger partial charge in [-0.2, -0.15) is 21.7 Å². The molecular formula is C33H32F2N4O2S. The number of aryl methyl sites for hydroxylation is 1. The Morgan fingerprint density at radius 3 is 2.79 bits per heavy atom. The first-order valence-corrected chi connectivity index (χ1v) is 15.6. The van der Waals surface area contributed by atoms with Gasteiger partial charge >= 0.3 is 6.01 Å². The van der Waals surface area contributed by atoms with Crippen molar-refractivity contribution in [1.29, 1.82) is 0 Å². The predicted molar refractivity (Wildman–Crippen MR) is 165 cm³/mol. The molecule has 4 heterocycles. The molecule has 7 rings (SSSR count). The van der Waals surface area contributed by atoms with Crippen molar-refractivity contribution in [2.75, 3.05) is 49.2 Å². The number of phenols is 1. The molecule has 6 nitrogen and oxygen atoms in total. The van der Waals surface area contributed by atoms with Gasteiger partial charge in [-0.15, -0.1) is 6.42 Å². The van der Waals surface area contributed by atoms with Gasteiger partial charge < -0.3 is 14.7 Å². The number of alkyl halides is 1. The van der Waals surface area contributed by atoms with Crippen LogP contribution in [0.5, 0.6) is 11.8 Å². The molecule has 0 spiro atoms. The number of phenolic OH excluding ortho intramolecular Hbond substituents is 1. The molecule has 1 aromatic heterocycles. The number of nitrogens with zero attached hydrogens (tertiary/aromatic N) is 4. The van der Waals surface area contributed by atoms with Crippen molar-refractivity contribution in [3.05, 3.63) is 53.3 Å². The van der Waals surface area contributed by atoms with Crippen LogP contribution in [-0.4, -0.2) is 76.0 Å². The quantitative estimate of drug-likeness (QED) is 0.284. The first-order valence-electron chi connectivity index (χ1n) is 14.4. The van der Waals surface area contributed by atoms with Crippen molar-refractivity contribution < 1.29 is 18.6 Å². The number of ether oxygens (including phenoxy) is 1. The molecule has 216 valence electrons. The van der Waals surface area contributed by atoms with E-state index in [0.717, 1.165) is 71.8 Å². The summed E-state index contributed by atoms with van der Waals surface area (Å²) in [4.78, 5) is 14.3. The van der Waals surface area contributed by atoms with E-state index in [0.29, 0.717) is 35.9 Å². The first kappa shape index (κ1) is 27.2. The number of hydrogen-bond donors (Lipinski definition) is 1. The molecule has 0 aliphatic carbocycles. The van der Waals surface area contributed by atoms with Crippen molar-refractivity contribution in [2.24, 2.45) is 0 Å². The molecule has 9 heteroatoms. The van der Waals surface area contributed by atoms with E-state index in [2.05, 4.69) is 15.7 Å². The van der Waals surface area contributed by atoms with Crippen molar-refractivity contribution in [2.45, 2.75) is 37.9 Å². The maximum Gasteiger partial charge on any atom is 0.319 e. The predicted octanol–water partition coefficient (Wildman–Crippen LogP) is 6.09. The van der Waals surface area contributed by atoms with Crippen LogP contribution in [0.4, 0.5) is 14.6 Å². The Morgan fingerprint density at radius 2 is 1.98 bits per heavy atom. The molecule has 2 atom stereocenters. The van der Waals surface area contributed by atoms with E-state index < -0.39 is 12.0 Å². The second-order valence-electron chi connectivity index (χ2n) is 11.6. The summed E-state index contributed by atoms with van der Waals surface area (Å²) in [7, 11) is 0. The van der Waals surface area contributed by atoms with E-state index in [-0.39, 0.29) is 22.9 Å². The minimum Gasteiger partial charge on any atom is -0.508 e. The number of terminal acetylenes is 1. The van der Waals surface area contributed by atoms with E-state index in [4.69, 9.17) is 21.1 Å². The van der Waals surface area contributed by atoms with Gasteiger partial charge in [0.25, 0.3) is 0 Å². The summed E-state index contributed by atoms with van der Waals surface area (Å²) in [5.41, 5.74) is 2.82. The number of benzene rings is 3. The number of hydrogen-bond acceptors (Lipinski definition) is 7. The molecule has 0 radical (unpaired) electrons. The van der Waals surface area contributed by atoms with E-state index in [1.807, 2.05) is 30.8 Å². The minimum atomic E-state index is -0.840. The Kier molecular flexibility index (Phi) is 6.87. The number of aromatic hydroxyl groups is 1. The average molecular weight is 587 g/mol. The third-order valence-corrected chi connectivity index (χ3v) is 10.1. The maximum atomic E-state index is 14.8. The SMILES string of the molecule is C#Cc1c(F)ccc2cc(O)cc(-c3ccc4c(N5CCSCC5)nc(OCC56CCCN5CC(F)C6)nc4c3C)c12. The van der Waals surface area contributed by atoms with Gasteiger partial charge in [-0.25, -0.2) is 8.78 Å². The molecular weight excluding hydrogens is 554 g/mol. The summed E-state index contributed by atoms with van der Waals surface area (Å²) < 4.78 is 35.6. The van der Waals surface area contributed by atoms with Gasteiger partial charge in [-0.3, -0.25) is 4.90 Å². The molecule has 3 aliphatic heterocycles. The van der Waals surface area contributed by atoms with Crippen LogP contribution >= 0.6 is 11.8 Å². The molecule has 3 fully saturated rings. The van der Waals surface area contributed by atoms with Gasteiger partial charge in [0.1, 0.15) is 30.2 Å². The van der Waals surface area contributed by atoms with Crippen LogP contribution in [0.25, 0.3) is 32.8 Å². The van der Waals surface area contributed by atoms with Crippen LogP contribution in [-0.2, 0) is 0 Å². The zero-order valence-corrected chi connectivity index (χ0v) is 24.3. The summed E-state index contributed by atoms with van der Waals surface area (Å²) in [6.07, 6.45) is 7.32. The van der Waals surface area contributed by atoms with E-state index in [1.54, 1.807) is 18.2 Å². The topological polar surface area (TPSA) is 61.7 Å². The zero-order chi connectivity index (χ0) is 29.0. The van der Waals surface area contributed by atoms with Crippen LogP contribution in [0.2, 0.25) is 0 Å². The molecule has 3 aromatic carbocycles. The molecule has 1 N–H and O–H groups in total. The van der Waals surface area contributed by atoms with Gasteiger partial charge in [0.05, 0.1) is 16.6 Å². The van der Waals surface area contributed by atoms with Gasteiger partial charge in [0.15, 0.2) is 0 Å². The third-order valence-electron chi connectivity index (χ3n) is 9.11. The fourth-order valence-corrected chi connectivity index (χ4v) is 8.00. The molecule has 4 aromatic rings. The molecule has 0 bridgehead atoms. The highest BCUT2D eigenvalue weighted by Gasteiger charge is 2.49. The average Bonchev–Trinajstić information content (AvgIpc) is 3.52. The van der Waals surface area contributed by atoms with Crippen LogP contribution in [0, 0.1) is 25.1 Å². The molecule has 0 amide bonds. The highest BCUT2D eigenvalue weighted by Crippen LogP contribution is 2.42. The van der Waals surface area contributed by atoms with E-state index in [9.17, 15) is 13.9 Å². The molecule has 3 aliphatic rings. The van der Waals surface area contributed by atoms with E-state index in [1.165, 1.54) is 6.07 Å². The number of halogens is 2. The van der Waals surface area contributed by atoms with Gasteiger partial charge in [-0.1, -0.05) is 18.1 Å². The largest absolute Gasteiger partial charge is 0.508 e. The summed E-state index contributed by atoms with van der Waals surface area (Å²) in [5, 5.41) is 12.7. The second-order valence-corrected chi connectivity index (χ2v) is 12.8. The highest BCUT2D eigenvalue weighted by atomic mass is 32.2. The Balaban J connectivity index is 1.38. The molecule has 0 saturated carbocycles. The standard InChI is InChI=1S/C33H32F2N4O2S/c1-3-24-28(35)8-5-21-15-23(40)16-27(29(21)24)25-6-7-26-30(20(25)2)36-32(37-31(26)38-11-13-42-14-12-38)41-19-33-9-4-10-39(33)18-22(34)17-33/h1,5-8,15-16,22,40H,4,9-14,17-19H2,2H3. The molecule has 42 heavy (non-hydrogen) atoms. The van der Waals surface area contributed by atoms with Crippen molar-refractivity contribution in [3.8, 4) is 35.2 Å². The lowest BCUT2D eigenvalue weighted by molar-refractivity contribution is 0.107. The summed E-state index contributed by atoms with van der Waals surface area (Å²) in [5.74, 6) is 4.91. The minimum absolute atomic E-state index is 0.0629. The summed E-state index contributed by atoms with van der Waals surface area (Å²) in [6.45, 7) is 5.38. The van der Waals surface area contributed by atoms with Crippen molar-refractivity contribution in [3.63, 3.8) is 0 Å². The number of aromatic nitrogens is 2. The van der Waals surface area contributed by atoms with Crippen molar-refractivity contribution in [1.82, 2.24) is 14.9 Å². The molecule has 3 saturated heterocycles. The number of thioether (sulfide) groups is 1. The van der Waals surface area contributed by atoms with E-state index >= 15 is 0 Å². The fraction of sp³-hybridized carbons (Fsp3) is 0.394. The van der Waals surface area contributed by atoms with Crippen molar-refractivity contribution >= 4 is 39.3 Å². The lowest BCUT2D eigenvalue weighted by Crippen LogP contribution is -2.43. The second kappa shape index (κ2) is 10.6. The van der Waals surface area contributed by atoms with Gasteiger partial charge in [-0.05, 0) is 72.7 Å². The third kappa shape index (κ3) is 4.52. The Labute approximate surface area is 248 Å². The Hall–Kier alpha value is -3.61. The normalized spacial score (nSPS) is 22.5. The summed E-state index contributed by atoms with van der Waals surface area (Å²) in [6, 6.07) is 10.4. The number of fused-ring (bicyclic) bond motifs is 3. The first-order chi connectivity index (χ1) is 20.4. The summed E-state index contributed by atoms with van der Waals surface area (Å²) >= 11 is 1.92. The maximum absolute atomic E-state index is 14.8.